The van der Waals surface area contributed by atoms with Crippen LogP contribution in [0.15, 0.2) is 11.1 Å². The van der Waals surface area contributed by atoms with Gasteiger partial charge in [-0.1, -0.05) is 0 Å². The first-order valence-corrected chi connectivity index (χ1v) is 5.91. The highest BCUT2D eigenvalue weighted by Gasteiger charge is 2.35. The third-order valence-electron chi connectivity index (χ3n) is 1.64. The van der Waals surface area contributed by atoms with E-state index >= 15 is 0 Å². The van der Waals surface area contributed by atoms with Gasteiger partial charge in [-0.3, -0.25) is 13.7 Å². The monoisotopic (exact) mass is 192 g/mol. The minimum Gasteiger partial charge on any atom is -0.378 e. The van der Waals surface area contributed by atoms with E-state index in [2.05, 4.69) is 10.6 Å². The average Bonchev–Trinajstić information content (AvgIpc) is 2.30. The van der Waals surface area contributed by atoms with Crippen molar-refractivity contribution in [1.29, 1.82) is 0 Å². The molecule has 0 bridgehead atoms. The summed E-state index contributed by atoms with van der Waals surface area (Å²) in [5.41, 5.74) is 0. The van der Waals surface area contributed by atoms with E-state index in [0.717, 1.165) is 4.91 Å². The van der Waals surface area contributed by atoms with Gasteiger partial charge in [0.25, 0.3) is 0 Å². The van der Waals surface area contributed by atoms with Crippen LogP contribution in [-0.2, 0) is 21.6 Å². The summed E-state index contributed by atoms with van der Waals surface area (Å²) in [6.07, 6.45) is 1.71. The van der Waals surface area contributed by atoms with E-state index in [1.807, 2.05) is 0 Å². The smallest absolute Gasteiger partial charge is 0.121 e. The molecule has 2 aliphatic heterocycles. The van der Waals surface area contributed by atoms with Crippen molar-refractivity contribution in [2.45, 2.75) is 5.37 Å². The van der Waals surface area contributed by atoms with Crippen LogP contribution in [0.1, 0.15) is 0 Å². The lowest BCUT2D eigenvalue weighted by atomic mass is 10.5. The Hall–Kier alpha value is -0.200. The van der Waals surface area contributed by atoms with E-state index < -0.39 is 21.6 Å². The second kappa shape index (κ2) is 2.69. The van der Waals surface area contributed by atoms with Gasteiger partial charge in [0.2, 0.25) is 0 Å². The summed E-state index contributed by atoms with van der Waals surface area (Å²) in [7, 11) is -2.02. The van der Waals surface area contributed by atoms with Crippen LogP contribution in [0.4, 0.5) is 0 Å². The van der Waals surface area contributed by atoms with Crippen molar-refractivity contribution in [3.8, 4) is 0 Å². The maximum Gasteiger partial charge on any atom is 0.121 e. The molecule has 0 aromatic heterocycles. The second-order valence-corrected chi connectivity index (χ2v) is 5.69. The van der Waals surface area contributed by atoms with Crippen LogP contribution in [0.25, 0.3) is 0 Å². The van der Waals surface area contributed by atoms with Crippen molar-refractivity contribution < 1.29 is 8.42 Å². The number of fused-ring (bicyclic) bond motifs is 1. The van der Waals surface area contributed by atoms with Crippen LogP contribution in [-0.4, -0.2) is 25.5 Å². The van der Waals surface area contributed by atoms with Gasteiger partial charge in [-0.2, -0.15) is 0 Å². The molecule has 0 aliphatic carbocycles. The molecule has 1 saturated heterocycles. The van der Waals surface area contributed by atoms with Gasteiger partial charge < -0.3 is 5.32 Å². The van der Waals surface area contributed by atoms with Gasteiger partial charge in [-0.15, -0.1) is 0 Å². The number of hydrogen-bond acceptors (Lipinski definition) is 4. The molecule has 2 heterocycles. The van der Waals surface area contributed by atoms with Crippen LogP contribution in [0, 0.1) is 0 Å². The van der Waals surface area contributed by atoms with Gasteiger partial charge in [0.1, 0.15) is 10.5 Å². The van der Waals surface area contributed by atoms with Gasteiger partial charge >= 0.3 is 0 Å². The first-order valence-electron chi connectivity index (χ1n) is 3.21. The van der Waals surface area contributed by atoms with Crippen molar-refractivity contribution in [2.75, 3.05) is 11.8 Å². The lowest BCUT2D eigenvalue weighted by molar-refractivity contribution is 0.612. The van der Waals surface area contributed by atoms with Crippen LogP contribution in [0.5, 0.6) is 0 Å². The summed E-state index contributed by atoms with van der Waals surface area (Å²) in [4.78, 5) is 0.745. The predicted octanol–water partition coefficient (Wildman–Crippen LogP) is -1.23. The molecule has 1 fully saturated rings. The van der Waals surface area contributed by atoms with Gasteiger partial charge in [-0.05, 0) is 0 Å². The minimum absolute atomic E-state index is 0.169. The Bertz CT molecular complexity index is 263. The molecule has 0 spiro atoms. The van der Waals surface area contributed by atoms with Gasteiger partial charge in [-0.25, -0.2) is 0 Å². The highest BCUT2D eigenvalue weighted by Crippen LogP contribution is 2.22. The van der Waals surface area contributed by atoms with E-state index in [9.17, 15) is 8.42 Å². The Kier molecular flexibility index (Phi) is 1.82. The molecule has 3 unspecified atom stereocenters. The highest BCUT2D eigenvalue weighted by molar-refractivity contribution is 8.08. The van der Waals surface area contributed by atoms with Crippen LogP contribution in [0.2, 0.25) is 0 Å². The van der Waals surface area contributed by atoms with Gasteiger partial charge in [0, 0.05) is 6.20 Å². The van der Waals surface area contributed by atoms with E-state index in [1.165, 1.54) is 0 Å². The Morgan fingerprint density at radius 1 is 1.55 bits per heavy atom. The van der Waals surface area contributed by atoms with Crippen molar-refractivity contribution in [1.82, 2.24) is 10.6 Å². The fourth-order valence-corrected chi connectivity index (χ4v) is 4.84. The largest absolute Gasteiger partial charge is 0.378 e. The lowest BCUT2D eigenvalue weighted by Crippen LogP contribution is -2.41. The molecule has 0 amide bonds. The number of nitrogens with one attached hydrogen (secondary N) is 2. The van der Waals surface area contributed by atoms with Gasteiger partial charge in [0.15, 0.2) is 0 Å². The minimum atomic E-state index is -1.03. The molecule has 11 heavy (non-hydrogen) atoms. The third kappa shape index (κ3) is 1.15. The highest BCUT2D eigenvalue weighted by atomic mass is 32.2. The maximum atomic E-state index is 11.2. The zero-order chi connectivity index (χ0) is 7.84. The first-order chi connectivity index (χ1) is 5.29. The van der Waals surface area contributed by atoms with Gasteiger partial charge in [0.05, 0.1) is 33.2 Å². The molecule has 3 atom stereocenters. The first kappa shape index (κ1) is 7.45. The molecule has 6 heteroatoms. The summed E-state index contributed by atoms with van der Waals surface area (Å²) in [6.45, 7) is 0.608. The Labute approximate surface area is 69.3 Å². The average molecular weight is 192 g/mol. The van der Waals surface area contributed by atoms with Crippen LogP contribution >= 0.6 is 0 Å². The predicted molar refractivity (Wildman–Crippen MR) is 44.2 cm³/mol. The molecule has 0 saturated carbocycles. The molecule has 2 rings (SSSR count). The Balaban J connectivity index is 2.36. The quantitative estimate of drug-likeness (QED) is 0.505. The molecule has 0 radical (unpaired) electrons. The molecule has 0 aromatic carbocycles. The molecular formula is C5H8N2O2S2. The lowest BCUT2D eigenvalue weighted by Gasteiger charge is -2.17. The Morgan fingerprint density at radius 3 is 3.09 bits per heavy atom. The number of hydrogen-bond donors (Lipinski definition) is 2. The molecule has 2 N–H and O–H groups in total. The third-order valence-corrected chi connectivity index (χ3v) is 5.40. The molecule has 0 aromatic rings. The summed E-state index contributed by atoms with van der Waals surface area (Å²) in [5, 5.41) is 6.01. The molecular weight excluding hydrogens is 184 g/mol. The van der Waals surface area contributed by atoms with Crippen molar-refractivity contribution in [3.63, 3.8) is 0 Å². The normalized spacial score (nSPS) is 42.5. The van der Waals surface area contributed by atoms with Crippen LogP contribution in [0.3, 0.4) is 0 Å². The van der Waals surface area contributed by atoms with E-state index in [1.54, 1.807) is 6.20 Å². The zero-order valence-electron chi connectivity index (χ0n) is 5.70. The molecule has 4 nitrogen and oxygen atoms in total. The second-order valence-electron chi connectivity index (χ2n) is 2.36. The van der Waals surface area contributed by atoms with Crippen molar-refractivity contribution >= 4 is 21.6 Å². The fourth-order valence-electron chi connectivity index (χ4n) is 1.13. The van der Waals surface area contributed by atoms with Crippen molar-refractivity contribution in [3.05, 3.63) is 11.1 Å². The summed E-state index contributed by atoms with van der Waals surface area (Å²) in [6, 6.07) is 0. The maximum absolute atomic E-state index is 11.2. The summed E-state index contributed by atoms with van der Waals surface area (Å²) >= 11 is 0. The van der Waals surface area contributed by atoms with E-state index in [4.69, 9.17) is 0 Å². The molecule has 2 aliphatic rings. The summed E-state index contributed by atoms with van der Waals surface area (Å²) < 4.78 is 22.4. The fraction of sp³-hybridized carbons (Fsp3) is 0.600. The van der Waals surface area contributed by atoms with Crippen molar-refractivity contribution in [2.24, 2.45) is 0 Å². The standard InChI is InChI=1S/C5H8N2O2S2/c8-10-3-11(9)5-4(10)1-6-2-7-5/h1,5-7H,2-3H2. The zero-order valence-corrected chi connectivity index (χ0v) is 7.33. The Morgan fingerprint density at radius 2 is 2.36 bits per heavy atom. The topological polar surface area (TPSA) is 58.2 Å². The van der Waals surface area contributed by atoms with Crippen LogP contribution < -0.4 is 10.6 Å². The SMILES string of the molecule is O=S1CS(=O)C2NCNC=C21. The number of rotatable bonds is 0. The summed E-state index contributed by atoms with van der Waals surface area (Å²) in [5.74, 6) is 0. The van der Waals surface area contributed by atoms with E-state index in [0.29, 0.717) is 6.67 Å². The van der Waals surface area contributed by atoms with E-state index in [-0.39, 0.29) is 10.5 Å². The molecule has 62 valence electrons.